The molecule has 2 N–H and O–H groups in total. The van der Waals surface area contributed by atoms with E-state index in [4.69, 9.17) is 4.74 Å². The van der Waals surface area contributed by atoms with E-state index in [0.29, 0.717) is 24.3 Å². The Morgan fingerprint density at radius 3 is 2.82 bits per heavy atom. The van der Waals surface area contributed by atoms with Crippen molar-refractivity contribution in [2.24, 2.45) is 0 Å². The molecule has 0 unspecified atom stereocenters. The van der Waals surface area contributed by atoms with Gasteiger partial charge in [-0.3, -0.25) is 4.79 Å². The fourth-order valence-corrected chi connectivity index (χ4v) is 1.32. The van der Waals surface area contributed by atoms with E-state index >= 15 is 0 Å². The number of carbonyl (C=O) groups excluding carboxylic acids is 1. The molecule has 0 atom stereocenters. The molecule has 0 heterocycles. The molecule has 0 spiro atoms. The third-order valence-corrected chi connectivity index (χ3v) is 2.34. The predicted molar refractivity (Wildman–Crippen MR) is 63.3 cm³/mol. The van der Waals surface area contributed by atoms with Crippen molar-refractivity contribution in [3.05, 3.63) is 29.6 Å². The second kappa shape index (κ2) is 6.85. The first-order valence-electron chi connectivity index (χ1n) is 5.41. The maximum Gasteiger partial charge on any atom is 0.221 e. The smallest absolute Gasteiger partial charge is 0.221 e. The summed E-state index contributed by atoms with van der Waals surface area (Å²) in [6, 6.07) is 4.57. The van der Waals surface area contributed by atoms with Crippen LogP contribution in [0.4, 0.5) is 4.39 Å². The van der Waals surface area contributed by atoms with E-state index in [1.807, 2.05) is 0 Å². The largest absolute Gasteiger partial charge is 0.497 e. The molecule has 1 rings (SSSR count). The van der Waals surface area contributed by atoms with Crippen molar-refractivity contribution in [1.82, 2.24) is 10.6 Å². The minimum atomic E-state index is -0.377. The van der Waals surface area contributed by atoms with Crippen LogP contribution in [0.1, 0.15) is 12.0 Å². The molecule has 0 aliphatic heterocycles. The average Bonchev–Trinajstić information content (AvgIpc) is 2.34. The van der Waals surface area contributed by atoms with Gasteiger partial charge in [0, 0.05) is 31.1 Å². The van der Waals surface area contributed by atoms with E-state index in [9.17, 15) is 9.18 Å². The monoisotopic (exact) mass is 240 g/mol. The normalized spacial score (nSPS) is 10.1. The highest BCUT2D eigenvalue weighted by atomic mass is 19.1. The highest BCUT2D eigenvalue weighted by Gasteiger charge is 2.05. The first kappa shape index (κ1) is 13.4. The Morgan fingerprint density at radius 1 is 1.47 bits per heavy atom. The average molecular weight is 240 g/mol. The SMILES string of the molecule is CNCCC(=O)NCc1ccc(OC)cc1F. The summed E-state index contributed by atoms with van der Waals surface area (Å²) in [7, 11) is 3.25. The fraction of sp³-hybridized carbons (Fsp3) is 0.417. The van der Waals surface area contributed by atoms with E-state index in [1.54, 1.807) is 19.2 Å². The van der Waals surface area contributed by atoms with Crippen LogP contribution in [-0.2, 0) is 11.3 Å². The van der Waals surface area contributed by atoms with E-state index < -0.39 is 0 Å². The summed E-state index contributed by atoms with van der Waals surface area (Å²) in [5.74, 6) is -0.0133. The third-order valence-electron chi connectivity index (χ3n) is 2.34. The summed E-state index contributed by atoms with van der Waals surface area (Å²) < 4.78 is 18.4. The van der Waals surface area contributed by atoms with Gasteiger partial charge in [0.05, 0.1) is 7.11 Å². The van der Waals surface area contributed by atoms with Gasteiger partial charge in [0.15, 0.2) is 0 Å². The number of ether oxygens (including phenoxy) is 1. The molecule has 17 heavy (non-hydrogen) atoms. The fourth-order valence-electron chi connectivity index (χ4n) is 1.32. The van der Waals surface area contributed by atoms with Crippen molar-refractivity contribution in [2.75, 3.05) is 20.7 Å². The number of nitrogens with one attached hydrogen (secondary N) is 2. The van der Waals surface area contributed by atoms with E-state index in [2.05, 4.69) is 10.6 Å². The molecule has 0 saturated heterocycles. The Bertz CT molecular complexity index is 383. The molecule has 0 saturated carbocycles. The van der Waals surface area contributed by atoms with Crippen LogP contribution in [0.5, 0.6) is 5.75 Å². The number of carbonyl (C=O) groups is 1. The molecule has 0 aromatic heterocycles. The number of benzene rings is 1. The Balaban J connectivity index is 2.49. The number of hydrogen-bond donors (Lipinski definition) is 2. The van der Waals surface area contributed by atoms with Gasteiger partial charge in [0.2, 0.25) is 5.91 Å². The van der Waals surface area contributed by atoms with E-state index in [0.717, 1.165) is 0 Å². The molecular weight excluding hydrogens is 223 g/mol. The second-order valence-corrected chi connectivity index (χ2v) is 3.59. The van der Waals surface area contributed by atoms with E-state index in [-0.39, 0.29) is 18.3 Å². The minimum Gasteiger partial charge on any atom is -0.497 e. The van der Waals surface area contributed by atoms with Crippen molar-refractivity contribution in [3.8, 4) is 5.75 Å². The zero-order chi connectivity index (χ0) is 12.7. The summed E-state index contributed by atoms with van der Waals surface area (Å²) in [4.78, 5) is 11.3. The van der Waals surface area contributed by atoms with Crippen molar-refractivity contribution < 1.29 is 13.9 Å². The lowest BCUT2D eigenvalue weighted by molar-refractivity contribution is -0.121. The van der Waals surface area contributed by atoms with Crippen LogP contribution in [0.2, 0.25) is 0 Å². The molecule has 1 aromatic rings. The van der Waals surface area contributed by atoms with Gasteiger partial charge in [-0.2, -0.15) is 0 Å². The van der Waals surface area contributed by atoms with Crippen molar-refractivity contribution in [3.63, 3.8) is 0 Å². The number of methoxy groups -OCH3 is 1. The minimum absolute atomic E-state index is 0.102. The van der Waals surface area contributed by atoms with Crippen LogP contribution in [0.15, 0.2) is 18.2 Å². The zero-order valence-electron chi connectivity index (χ0n) is 10.0. The molecule has 0 aliphatic carbocycles. The van der Waals surface area contributed by atoms with Gasteiger partial charge in [0.25, 0.3) is 0 Å². The van der Waals surface area contributed by atoms with Crippen molar-refractivity contribution in [1.29, 1.82) is 0 Å². The molecule has 1 amide bonds. The van der Waals surface area contributed by atoms with Crippen molar-refractivity contribution in [2.45, 2.75) is 13.0 Å². The lowest BCUT2D eigenvalue weighted by Gasteiger charge is -2.07. The molecule has 1 aromatic carbocycles. The summed E-state index contributed by atoms with van der Waals surface area (Å²) in [5.41, 5.74) is 0.448. The standard InChI is InChI=1S/C12H17FN2O2/c1-14-6-5-12(16)15-8-9-3-4-10(17-2)7-11(9)13/h3-4,7,14H,5-6,8H2,1-2H3,(H,15,16). The lowest BCUT2D eigenvalue weighted by atomic mass is 10.2. The zero-order valence-corrected chi connectivity index (χ0v) is 10.0. The molecule has 0 fully saturated rings. The summed E-state index contributed by atoms with van der Waals surface area (Å²) >= 11 is 0. The van der Waals surface area contributed by atoms with E-state index in [1.165, 1.54) is 13.2 Å². The predicted octanol–water partition coefficient (Wildman–Crippen LogP) is 1.06. The summed E-state index contributed by atoms with van der Waals surface area (Å²) in [6.45, 7) is 0.801. The number of amides is 1. The summed E-state index contributed by atoms with van der Waals surface area (Å²) in [6.07, 6.45) is 0.383. The van der Waals surface area contributed by atoms with Crippen LogP contribution in [0.3, 0.4) is 0 Å². The van der Waals surface area contributed by atoms with Crippen LogP contribution < -0.4 is 15.4 Å². The third kappa shape index (κ3) is 4.40. The molecule has 5 heteroatoms. The van der Waals surface area contributed by atoms with Gasteiger partial charge in [-0.25, -0.2) is 4.39 Å². The molecular formula is C12H17FN2O2. The quantitative estimate of drug-likeness (QED) is 0.781. The Kier molecular flexibility index (Phi) is 5.42. The Morgan fingerprint density at radius 2 is 2.24 bits per heavy atom. The Labute approximate surface area is 100 Å². The van der Waals surface area contributed by atoms with Gasteiger partial charge in [-0.05, 0) is 13.1 Å². The van der Waals surface area contributed by atoms with Gasteiger partial charge in [0.1, 0.15) is 11.6 Å². The molecule has 94 valence electrons. The number of hydrogen-bond acceptors (Lipinski definition) is 3. The maximum atomic E-state index is 13.5. The first-order valence-corrected chi connectivity index (χ1v) is 5.41. The van der Waals surface area contributed by atoms with Crippen LogP contribution in [0.25, 0.3) is 0 Å². The highest BCUT2D eigenvalue weighted by molar-refractivity contribution is 5.76. The second-order valence-electron chi connectivity index (χ2n) is 3.59. The van der Waals surface area contributed by atoms with Gasteiger partial charge < -0.3 is 15.4 Å². The summed E-state index contributed by atoms with van der Waals surface area (Å²) in [5, 5.41) is 5.52. The van der Waals surface area contributed by atoms with Gasteiger partial charge in [-0.1, -0.05) is 6.07 Å². The Hall–Kier alpha value is -1.62. The van der Waals surface area contributed by atoms with Crippen LogP contribution >= 0.6 is 0 Å². The number of rotatable bonds is 6. The van der Waals surface area contributed by atoms with Gasteiger partial charge >= 0.3 is 0 Å². The molecule has 0 radical (unpaired) electrons. The van der Waals surface area contributed by atoms with Crippen LogP contribution in [-0.4, -0.2) is 26.6 Å². The maximum absolute atomic E-state index is 13.5. The molecule has 0 bridgehead atoms. The molecule has 4 nitrogen and oxygen atoms in total. The first-order chi connectivity index (χ1) is 8.17. The van der Waals surface area contributed by atoms with Crippen LogP contribution in [0, 0.1) is 5.82 Å². The lowest BCUT2D eigenvalue weighted by Crippen LogP contribution is -2.26. The topological polar surface area (TPSA) is 50.4 Å². The van der Waals surface area contributed by atoms with Crippen molar-refractivity contribution >= 4 is 5.91 Å². The number of halogens is 1. The van der Waals surface area contributed by atoms with Gasteiger partial charge in [-0.15, -0.1) is 0 Å². The highest BCUT2D eigenvalue weighted by Crippen LogP contribution is 2.15. The molecule has 0 aliphatic rings.